The second-order valence-electron chi connectivity index (χ2n) is 16.0. The average Bonchev–Trinajstić information content (AvgIpc) is 2.98. The van der Waals surface area contributed by atoms with Gasteiger partial charge in [-0.3, -0.25) is 4.99 Å². The van der Waals surface area contributed by atoms with E-state index in [1.165, 1.54) is 12.8 Å². The highest BCUT2D eigenvalue weighted by Gasteiger charge is 2.49. The van der Waals surface area contributed by atoms with E-state index in [1.807, 2.05) is 0 Å². The van der Waals surface area contributed by atoms with Crippen LogP contribution in [0, 0.1) is 23.7 Å². The van der Waals surface area contributed by atoms with Crippen molar-refractivity contribution in [3.8, 4) is 0 Å². The van der Waals surface area contributed by atoms with Gasteiger partial charge >= 0.3 is 0 Å². The fourth-order valence-corrected chi connectivity index (χ4v) is 10.6. The zero-order valence-electron chi connectivity index (χ0n) is 27.4. The van der Waals surface area contributed by atoms with Gasteiger partial charge in [0.05, 0.1) is 17.6 Å². The minimum atomic E-state index is -0.807. The van der Waals surface area contributed by atoms with Crippen LogP contribution in [0.15, 0.2) is 65.7 Å². The molecule has 3 aliphatic carbocycles. The first-order chi connectivity index (χ1) is 22.1. The molecule has 0 saturated heterocycles. The van der Waals surface area contributed by atoms with Gasteiger partial charge in [-0.1, -0.05) is 76.2 Å². The highest BCUT2D eigenvalue weighted by atomic mass is 16.3. The van der Waals surface area contributed by atoms with E-state index < -0.39 is 18.1 Å². The first kappa shape index (κ1) is 28.6. The van der Waals surface area contributed by atoms with Gasteiger partial charge in [-0.05, 0) is 96.2 Å². The van der Waals surface area contributed by atoms with Crippen molar-refractivity contribution in [3.05, 3.63) is 76.8 Å². The van der Waals surface area contributed by atoms with Gasteiger partial charge in [-0.15, -0.1) is 0 Å². The first-order valence-corrected chi connectivity index (χ1v) is 17.5. The summed E-state index contributed by atoms with van der Waals surface area (Å²) in [5, 5.41) is 42.3. The second kappa shape index (κ2) is 9.95. The van der Waals surface area contributed by atoms with Crippen molar-refractivity contribution < 1.29 is 10.2 Å². The van der Waals surface area contributed by atoms with Crippen molar-refractivity contribution in [1.82, 2.24) is 0 Å². The number of aliphatic hydroxyl groups excluding tert-OH is 2. The molecule has 6 heteroatoms. The molecule has 0 bridgehead atoms. The van der Waals surface area contributed by atoms with Crippen LogP contribution < -0.4 is 26.5 Å². The van der Waals surface area contributed by atoms with Gasteiger partial charge in [0, 0.05) is 39.0 Å². The normalized spacial score (nSPS) is 36.1. The lowest BCUT2D eigenvalue weighted by Gasteiger charge is -2.50. The number of aliphatic hydroxyl groups is 2. The molecule has 238 valence electrons. The molecule has 2 heterocycles. The van der Waals surface area contributed by atoms with E-state index in [2.05, 4.69) is 104 Å². The van der Waals surface area contributed by atoms with Crippen molar-refractivity contribution >= 4 is 44.2 Å². The van der Waals surface area contributed by atoms with Crippen LogP contribution in [0.5, 0.6) is 0 Å². The molecule has 4 aromatic carbocycles. The highest BCUT2D eigenvalue weighted by Crippen LogP contribution is 2.52. The quantitative estimate of drug-likeness (QED) is 0.162. The SMILES string of the molecule is CC1CC(C)CC2(C1)N=c1c(=C3C(O)C(c4ccc5cccc6c5c4NC4(CC(C)CC(C)C4)N6)C3O)ccc3cccc(c13)N2. The number of rotatable bonds is 1. The molecule has 2 spiro atoms. The van der Waals surface area contributed by atoms with E-state index in [4.69, 9.17) is 4.99 Å². The third kappa shape index (κ3) is 4.18. The van der Waals surface area contributed by atoms with Crippen molar-refractivity contribution in [2.75, 3.05) is 16.0 Å². The fraction of sp³-hybridized carbons (Fsp3) is 0.475. The molecular weight excluding hydrogens is 568 g/mol. The summed E-state index contributed by atoms with van der Waals surface area (Å²) in [7, 11) is 0. The van der Waals surface area contributed by atoms with Gasteiger partial charge in [0.15, 0.2) is 0 Å². The number of nitrogens with one attached hydrogen (secondary N) is 3. The molecule has 6 atom stereocenters. The number of anilines is 3. The maximum absolute atomic E-state index is 12.1. The monoisotopic (exact) mass is 614 g/mol. The van der Waals surface area contributed by atoms with Crippen LogP contribution in [0.25, 0.3) is 27.1 Å². The number of benzene rings is 4. The Labute approximate surface area is 271 Å². The molecule has 2 aliphatic heterocycles. The third-order valence-electron chi connectivity index (χ3n) is 11.9. The smallest absolute Gasteiger partial charge is 0.130 e. The van der Waals surface area contributed by atoms with Gasteiger partial charge in [0.1, 0.15) is 11.3 Å². The number of hydrogen-bond donors (Lipinski definition) is 5. The molecule has 46 heavy (non-hydrogen) atoms. The maximum atomic E-state index is 12.1. The van der Waals surface area contributed by atoms with Gasteiger partial charge in [-0.2, -0.15) is 0 Å². The van der Waals surface area contributed by atoms with Crippen LogP contribution in [0.1, 0.15) is 77.7 Å². The van der Waals surface area contributed by atoms with E-state index in [0.29, 0.717) is 29.2 Å². The molecule has 3 fully saturated rings. The fourth-order valence-electron chi connectivity index (χ4n) is 10.6. The molecule has 4 aromatic rings. The Balaban J connectivity index is 1.19. The molecule has 0 amide bonds. The topological polar surface area (TPSA) is 88.9 Å². The van der Waals surface area contributed by atoms with Crippen LogP contribution in [-0.4, -0.2) is 33.7 Å². The van der Waals surface area contributed by atoms with Crippen LogP contribution in [-0.2, 0) is 0 Å². The summed E-state index contributed by atoms with van der Waals surface area (Å²) in [5.41, 5.74) is 4.39. The summed E-state index contributed by atoms with van der Waals surface area (Å²) < 4.78 is 0. The van der Waals surface area contributed by atoms with E-state index in [-0.39, 0.29) is 11.3 Å². The predicted molar refractivity (Wildman–Crippen MR) is 188 cm³/mol. The van der Waals surface area contributed by atoms with Crippen molar-refractivity contribution in [2.45, 2.75) is 95.7 Å². The van der Waals surface area contributed by atoms with Crippen molar-refractivity contribution in [3.63, 3.8) is 0 Å². The molecule has 0 aromatic heterocycles. The predicted octanol–water partition coefficient (Wildman–Crippen LogP) is 6.85. The average molecular weight is 615 g/mol. The first-order valence-electron chi connectivity index (χ1n) is 17.5. The van der Waals surface area contributed by atoms with E-state index in [0.717, 1.165) is 80.4 Å². The summed E-state index contributed by atoms with van der Waals surface area (Å²) in [6.07, 6.45) is 4.86. The zero-order chi connectivity index (χ0) is 31.5. The zero-order valence-corrected chi connectivity index (χ0v) is 27.4. The molecule has 6 unspecified atom stereocenters. The maximum Gasteiger partial charge on any atom is 0.130 e. The molecule has 5 aliphatic rings. The van der Waals surface area contributed by atoms with Gasteiger partial charge in [0.2, 0.25) is 0 Å². The minimum Gasteiger partial charge on any atom is -0.388 e. The third-order valence-corrected chi connectivity index (χ3v) is 11.9. The van der Waals surface area contributed by atoms with Crippen LogP contribution in [0.2, 0.25) is 0 Å². The van der Waals surface area contributed by atoms with Gasteiger partial charge in [0.25, 0.3) is 0 Å². The Morgan fingerprint density at radius 3 is 1.91 bits per heavy atom. The molecule has 6 nitrogen and oxygen atoms in total. The van der Waals surface area contributed by atoms with E-state index in [9.17, 15) is 10.2 Å². The molecule has 5 N–H and O–H groups in total. The molecule has 0 radical (unpaired) electrons. The summed E-state index contributed by atoms with van der Waals surface area (Å²) >= 11 is 0. The second-order valence-corrected chi connectivity index (χ2v) is 16.0. The summed E-state index contributed by atoms with van der Waals surface area (Å²) in [6, 6.07) is 21.4. The highest BCUT2D eigenvalue weighted by molar-refractivity contribution is 6.07. The summed E-state index contributed by atoms with van der Waals surface area (Å²) in [4.78, 5) is 5.52. The number of nitrogens with zero attached hydrogens (tertiary/aromatic N) is 1. The van der Waals surface area contributed by atoms with Crippen molar-refractivity contribution in [1.29, 1.82) is 0 Å². The largest absolute Gasteiger partial charge is 0.388 e. The van der Waals surface area contributed by atoms with Crippen LogP contribution in [0.4, 0.5) is 17.1 Å². The van der Waals surface area contributed by atoms with Crippen LogP contribution >= 0.6 is 0 Å². The Hall–Kier alpha value is -3.61. The molecule has 9 rings (SSSR count). The lowest BCUT2D eigenvalue weighted by atomic mass is 9.67. The van der Waals surface area contributed by atoms with Crippen molar-refractivity contribution in [2.24, 2.45) is 28.7 Å². The van der Waals surface area contributed by atoms with Gasteiger partial charge < -0.3 is 26.2 Å². The molecular formula is C40H46N4O2. The number of hydrogen-bond acceptors (Lipinski definition) is 6. The lowest BCUT2D eigenvalue weighted by Crippen LogP contribution is -2.55. The Kier molecular flexibility index (Phi) is 6.18. The summed E-state index contributed by atoms with van der Waals surface area (Å²) in [5.74, 6) is 1.91. The standard InChI is InChI=1S/C40H46N4O2/c1-21-15-22(2)18-39(17-21)41-29-9-5-7-25-11-13-27(35(43-39)31(25)29)33-37(45)34(38(33)46)28-14-12-26-8-6-10-30-32(26)36(28)44-40(42-30)19-23(3)16-24(4)20-40/h5-14,21-24,33,37-38,41-43,45-46H,15-20H2,1-4H3. The van der Waals surface area contributed by atoms with E-state index >= 15 is 0 Å². The van der Waals surface area contributed by atoms with Gasteiger partial charge in [-0.25, -0.2) is 0 Å². The Morgan fingerprint density at radius 1 is 0.652 bits per heavy atom. The Morgan fingerprint density at radius 2 is 1.24 bits per heavy atom. The lowest BCUT2D eigenvalue weighted by molar-refractivity contribution is 0.0477. The molecule has 3 saturated carbocycles. The van der Waals surface area contributed by atoms with E-state index in [1.54, 1.807) is 0 Å². The Bertz CT molecular complexity index is 2000. The summed E-state index contributed by atoms with van der Waals surface area (Å²) in [6.45, 7) is 9.37. The minimum absolute atomic E-state index is 0.242. The van der Waals surface area contributed by atoms with Crippen LogP contribution in [0.3, 0.4) is 0 Å².